The Morgan fingerprint density at radius 2 is 2.10 bits per heavy atom. The fourth-order valence-electron chi connectivity index (χ4n) is 2.01. The van der Waals surface area contributed by atoms with Crippen LogP contribution in [-0.4, -0.2) is 9.97 Å². The van der Waals surface area contributed by atoms with Crippen molar-refractivity contribution >= 4 is 39.1 Å². The van der Waals surface area contributed by atoms with E-state index in [-0.39, 0.29) is 5.95 Å². The molecule has 0 unspecified atom stereocenters. The van der Waals surface area contributed by atoms with Crippen LogP contribution >= 0.6 is 22.9 Å². The van der Waals surface area contributed by atoms with Crippen LogP contribution in [0.1, 0.15) is 17.4 Å². The van der Waals surface area contributed by atoms with E-state index >= 15 is 0 Å². The van der Waals surface area contributed by atoms with E-state index in [2.05, 4.69) is 23.0 Å². The smallest absolute Gasteiger partial charge is 0.232 e. The Labute approximate surface area is 131 Å². The summed E-state index contributed by atoms with van der Waals surface area (Å²) in [6.07, 6.45) is 0.945. The minimum Gasteiger partial charge on any atom is -0.438 e. The van der Waals surface area contributed by atoms with Crippen molar-refractivity contribution in [2.24, 2.45) is 0 Å². The first-order valence-corrected chi connectivity index (χ1v) is 7.76. The zero-order chi connectivity index (χ0) is 15.0. The van der Waals surface area contributed by atoms with Crippen LogP contribution in [-0.2, 0) is 6.42 Å². The summed E-state index contributed by atoms with van der Waals surface area (Å²) in [7, 11) is 0. The maximum atomic E-state index is 6.03. The molecule has 3 aromatic rings. The van der Waals surface area contributed by atoms with Gasteiger partial charge in [-0.15, -0.1) is 11.3 Å². The summed E-state index contributed by atoms with van der Waals surface area (Å²) in [5, 5.41) is 1.59. The third kappa shape index (κ3) is 2.80. The average molecular weight is 320 g/mol. The molecule has 0 spiro atoms. The molecule has 6 heteroatoms. The van der Waals surface area contributed by atoms with Gasteiger partial charge in [-0.05, 0) is 43.2 Å². The minimum atomic E-state index is 0.215. The highest BCUT2D eigenvalue weighted by molar-refractivity contribution is 7.18. The van der Waals surface area contributed by atoms with E-state index in [1.807, 2.05) is 19.1 Å². The molecule has 0 radical (unpaired) electrons. The second-order valence-corrected chi connectivity index (χ2v) is 6.21. The van der Waals surface area contributed by atoms with Crippen LogP contribution in [0.3, 0.4) is 0 Å². The number of thiophene rings is 1. The number of hydrogen-bond acceptors (Lipinski definition) is 5. The monoisotopic (exact) mass is 319 g/mol. The van der Waals surface area contributed by atoms with Gasteiger partial charge in [-0.25, -0.2) is 4.98 Å². The molecule has 2 N–H and O–H groups in total. The van der Waals surface area contributed by atoms with Gasteiger partial charge in [-0.1, -0.05) is 18.5 Å². The Kier molecular flexibility index (Phi) is 3.69. The summed E-state index contributed by atoms with van der Waals surface area (Å²) >= 11 is 7.64. The lowest BCUT2D eigenvalue weighted by molar-refractivity contribution is 0.469. The van der Waals surface area contributed by atoms with Crippen LogP contribution in [0, 0.1) is 6.92 Å². The summed E-state index contributed by atoms with van der Waals surface area (Å²) in [6.45, 7) is 4.03. The molecule has 1 aromatic carbocycles. The summed E-state index contributed by atoms with van der Waals surface area (Å²) in [5.41, 5.74) is 6.72. The van der Waals surface area contributed by atoms with E-state index in [9.17, 15) is 0 Å². The summed E-state index contributed by atoms with van der Waals surface area (Å²) in [6, 6.07) is 7.54. The van der Waals surface area contributed by atoms with E-state index in [4.69, 9.17) is 22.1 Å². The van der Waals surface area contributed by atoms with Gasteiger partial charge in [-0.2, -0.15) is 4.98 Å². The Balaban J connectivity index is 2.06. The van der Waals surface area contributed by atoms with Crippen LogP contribution in [0.25, 0.3) is 10.2 Å². The molecule has 4 nitrogen and oxygen atoms in total. The molecule has 0 saturated carbocycles. The molecule has 21 heavy (non-hydrogen) atoms. The Hall–Kier alpha value is -1.85. The van der Waals surface area contributed by atoms with Crippen LogP contribution in [0.15, 0.2) is 24.3 Å². The van der Waals surface area contributed by atoms with Crippen molar-refractivity contribution in [3.63, 3.8) is 0 Å². The van der Waals surface area contributed by atoms with E-state index in [1.165, 1.54) is 4.88 Å². The second kappa shape index (κ2) is 5.50. The molecule has 2 heterocycles. The summed E-state index contributed by atoms with van der Waals surface area (Å²) < 4.78 is 5.88. The van der Waals surface area contributed by atoms with Crippen LogP contribution < -0.4 is 10.5 Å². The summed E-state index contributed by atoms with van der Waals surface area (Å²) in [4.78, 5) is 10.5. The number of benzene rings is 1. The molecule has 0 amide bonds. The van der Waals surface area contributed by atoms with Crippen molar-refractivity contribution in [2.45, 2.75) is 20.3 Å². The third-order valence-corrected chi connectivity index (χ3v) is 4.72. The number of anilines is 1. The average Bonchev–Trinajstić information content (AvgIpc) is 2.86. The lowest BCUT2D eigenvalue weighted by Gasteiger charge is -2.07. The van der Waals surface area contributed by atoms with Crippen molar-refractivity contribution in [3.8, 4) is 11.6 Å². The first-order valence-electron chi connectivity index (χ1n) is 6.56. The number of nitrogens with two attached hydrogens (primary N) is 1. The molecular formula is C15H14ClN3OS. The number of aryl methyl sites for hydroxylation is 2. The largest absolute Gasteiger partial charge is 0.438 e. The fourth-order valence-corrected chi connectivity index (χ4v) is 3.09. The molecule has 108 valence electrons. The minimum absolute atomic E-state index is 0.215. The molecular weight excluding hydrogens is 306 g/mol. The molecule has 0 aliphatic rings. The van der Waals surface area contributed by atoms with E-state index in [1.54, 1.807) is 17.4 Å². The zero-order valence-electron chi connectivity index (χ0n) is 11.7. The number of ether oxygens (including phenoxy) is 1. The first kappa shape index (κ1) is 14.1. The number of aromatic nitrogens is 2. The van der Waals surface area contributed by atoms with Crippen molar-refractivity contribution < 1.29 is 4.74 Å². The van der Waals surface area contributed by atoms with Crippen molar-refractivity contribution in [1.82, 2.24) is 9.97 Å². The highest BCUT2D eigenvalue weighted by Gasteiger charge is 2.12. The molecule has 0 fully saturated rings. The van der Waals surface area contributed by atoms with Gasteiger partial charge in [-0.3, -0.25) is 0 Å². The van der Waals surface area contributed by atoms with Crippen LogP contribution in [0.4, 0.5) is 5.95 Å². The van der Waals surface area contributed by atoms with Crippen molar-refractivity contribution in [2.75, 3.05) is 5.73 Å². The molecule has 0 atom stereocenters. The highest BCUT2D eigenvalue weighted by Crippen LogP contribution is 2.34. The Morgan fingerprint density at radius 1 is 1.29 bits per heavy atom. The fraction of sp³-hybridized carbons (Fsp3) is 0.200. The number of rotatable bonds is 3. The van der Waals surface area contributed by atoms with Gasteiger partial charge in [0.15, 0.2) is 0 Å². The second-order valence-electron chi connectivity index (χ2n) is 4.69. The maximum absolute atomic E-state index is 6.03. The maximum Gasteiger partial charge on any atom is 0.232 e. The molecule has 0 saturated heterocycles. The number of halogens is 1. The normalized spacial score (nSPS) is 11.0. The topological polar surface area (TPSA) is 61.0 Å². The zero-order valence-corrected chi connectivity index (χ0v) is 13.3. The van der Waals surface area contributed by atoms with Gasteiger partial charge in [0.05, 0.1) is 5.39 Å². The van der Waals surface area contributed by atoms with Crippen molar-refractivity contribution in [3.05, 3.63) is 39.7 Å². The standard InChI is InChI=1S/C15H14ClN3OS/c1-3-10-7-11-13(18-15(17)19-14(11)21-10)20-9-4-5-12(16)8(2)6-9/h4-7H,3H2,1-2H3,(H2,17,18,19). The number of nitrogen functional groups attached to an aromatic ring is 1. The number of nitrogens with zero attached hydrogens (tertiary/aromatic N) is 2. The molecule has 0 aliphatic heterocycles. The SMILES string of the molecule is CCc1cc2c(Oc3ccc(Cl)c(C)c3)nc(N)nc2s1. The van der Waals surface area contributed by atoms with Gasteiger partial charge in [0, 0.05) is 9.90 Å². The lowest BCUT2D eigenvalue weighted by Crippen LogP contribution is -1.97. The number of fused-ring (bicyclic) bond motifs is 1. The molecule has 0 aliphatic carbocycles. The molecule has 3 rings (SSSR count). The Morgan fingerprint density at radius 3 is 2.81 bits per heavy atom. The van der Waals surface area contributed by atoms with Crippen molar-refractivity contribution in [1.29, 1.82) is 0 Å². The molecule has 0 bridgehead atoms. The van der Waals surface area contributed by atoms with E-state index in [0.29, 0.717) is 16.7 Å². The van der Waals surface area contributed by atoms with Gasteiger partial charge in [0.1, 0.15) is 10.6 Å². The molecule has 2 aromatic heterocycles. The highest BCUT2D eigenvalue weighted by atomic mass is 35.5. The quantitative estimate of drug-likeness (QED) is 0.767. The predicted molar refractivity (Wildman–Crippen MR) is 87.5 cm³/mol. The number of hydrogen-bond donors (Lipinski definition) is 1. The van der Waals surface area contributed by atoms with E-state index < -0.39 is 0 Å². The van der Waals surface area contributed by atoms with Gasteiger partial charge < -0.3 is 10.5 Å². The van der Waals surface area contributed by atoms with Crippen LogP contribution in [0.2, 0.25) is 5.02 Å². The lowest BCUT2D eigenvalue weighted by atomic mass is 10.2. The van der Waals surface area contributed by atoms with E-state index in [0.717, 1.165) is 22.2 Å². The first-order chi connectivity index (χ1) is 10.1. The summed E-state index contributed by atoms with van der Waals surface area (Å²) in [5.74, 6) is 1.38. The Bertz CT molecular complexity index is 816. The van der Waals surface area contributed by atoms with Gasteiger partial charge in [0.25, 0.3) is 0 Å². The van der Waals surface area contributed by atoms with Gasteiger partial charge in [0.2, 0.25) is 11.8 Å². The van der Waals surface area contributed by atoms with Crippen LogP contribution in [0.5, 0.6) is 11.6 Å². The third-order valence-electron chi connectivity index (χ3n) is 3.12. The van der Waals surface area contributed by atoms with Gasteiger partial charge >= 0.3 is 0 Å². The predicted octanol–water partition coefficient (Wildman–Crippen LogP) is 4.59.